The van der Waals surface area contributed by atoms with Crippen molar-refractivity contribution < 1.29 is 102 Å². The molecule has 21 N–H and O–H groups in total. The molecule has 0 bridgehead atoms. The lowest BCUT2D eigenvalue weighted by atomic mass is 9.97. The summed E-state index contributed by atoms with van der Waals surface area (Å²) < 4.78 is 0. The van der Waals surface area contributed by atoms with Crippen molar-refractivity contribution in [2.45, 2.75) is 192 Å². The second kappa shape index (κ2) is 50.8. The number of aromatic hydroxyl groups is 1. The number of nitriles is 1. The average molecular weight is 1860 g/mol. The number of nitrogens with one attached hydrogen (secondary N) is 14. The van der Waals surface area contributed by atoms with Gasteiger partial charge in [-0.3, -0.25) is 86.3 Å². The molecule has 40 nitrogen and oxygen atoms in total. The van der Waals surface area contributed by atoms with Gasteiger partial charge in [0.05, 0.1) is 49.9 Å². The minimum absolute atomic E-state index is 0.131. The molecule has 7 rings (SSSR count). The van der Waals surface area contributed by atoms with E-state index in [1.165, 1.54) is 83.4 Å². The van der Waals surface area contributed by atoms with E-state index in [9.17, 15) is 78.1 Å². The molecule has 5 aromatic carbocycles. The highest BCUT2D eigenvalue weighted by atomic mass is 32.2. The zero-order valence-corrected chi connectivity index (χ0v) is 76.6. The highest BCUT2D eigenvalue weighted by Crippen LogP contribution is 2.24. The third-order valence-corrected chi connectivity index (χ3v) is 22.8. The number of rotatable bonds is 23. The van der Waals surface area contributed by atoms with E-state index in [2.05, 4.69) is 74.1 Å². The number of H-pyrrole nitrogens is 1. The molecule has 714 valence electrons. The van der Waals surface area contributed by atoms with Gasteiger partial charge >= 0.3 is 5.97 Å². The number of aliphatic carboxylic acids is 1. The van der Waals surface area contributed by atoms with Crippen LogP contribution in [0, 0.1) is 35.0 Å². The van der Waals surface area contributed by atoms with Gasteiger partial charge in [-0.1, -0.05) is 152 Å². The Hall–Kier alpha value is -14.3. The number of aromatic amines is 1. The number of amides is 17. The van der Waals surface area contributed by atoms with Crippen LogP contribution in [0.2, 0.25) is 0 Å². The summed E-state index contributed by atoms with van der Waals surface area (Å²) in [6.45, 7) is 11.6. The molecule has 41 heteroatoms. The number of phenols is 1. The van der Waals surface area contributed by atoms with Gasteiger partial charge in [-0.2, -0.15) is 5.26 Å². The lowest BCUT2D eigenvalue weighted by molar-refractivity contribution is -0.147. The Balaban J connectivity index is 1.32. The Morgan fingerprint density at radius 2 is 0.910 bits per heavy atom. The summed E-state index contributed by atoms with van der Waals surface area (Å²) in [7, 11) is 2.46. The summed E-state index contributed by atoms with van der Waals surface area (Å²) in [5.41, 5.74) is 14.9. The van der Waals surface area contributed by atoms with E-state index < -0.39 is 253 Å². The number of fused-ring (bicyclic) bond motifs is 1. The van der Waals surface area contributed by atoms with Crippen LogP contribution in [0.4, 0.5) is 0 Å². The lowest BCUT2D eigenvalue weighted by Gasteiger charge is -2.33. The number of primary amides is 2. The third-order valence-electron chi connectivity index (χ3n) is 21.7. The van der Waals surface area contributed by atoms with Crippen molar-refractivity contribution in [2.24, 2.45) is 35.1 Å². The van der Waals surface area contributed by atoms with Crippen LogP contribution in [-0.2, 0) is 112 Å². The summed E-state index contributed by atoms with van der Waals surface area (Å²) in [6, 6.07) is 14.5. The molecule has 2 heterocycles. The fraction of sp³-hybridized carbons (Fsp3) is 0.446. The van der Waals surface area contributed by atoms with E-state index in [-0.39, 0.29) is 54.9 Å². The molecule has 0 saturated carbocycles. The maximum absolute atomic E-state index is 15.4. The lowest BCUT2D eigenvalue weighted by Crippen LogP contribution is -2.61. The molecule has 0 unspecified atom stereocenters. The molecule has 133 heavy (non-hydrogen) atoms. The van der Waals surface area contributed by atoms with Crippen LogP contribution in [-0.4, -0.2) is 260 Å². The van der Waals surface area contributed by atoms with Crippen LogP contribution in [0.1, 0.15) is 116 Å². The predicted octanol–water partition coefficient (Wildman–Crippen LogP) is -1.10. The SMILES string of the molecule is CC(C)C[C@@H]1NC(=O)[C@H](Cc2c[nH]c3ccccc23)NC(=O)[C@H](CC(=O)O)NC(=O)[C@H](Cc2ccc(O)cc2)NC(=O)[C@H](Cc2ccc(C#N)cc2)NC(=O)CSC[C@@H](C(=O)NCC(N)=O)NC(=O)[C@H](CO)NC(=O)[C@H](C(C)C)NC(=O)[C@H](CC(C)C)NC(=O)[C@H](CC(N)=O)NC(=O)CN(C)C(=O)[C@H](C)N(C)C(=O)[C@H](C(C)C)NC(=O)[C@H](Cc2ccc(-c3ccccc3)cc2)NC1=O. The van der Waals surface area contributed by atoms with E-state index >= 15 is 28.8 Å². The van der Waals surface area contributed by atoms with E-state index in [1.54, 1.807) is 96.3 Å². The molecule has 0 radical (unpaired) electrons. The molecule has 1 fully saturated rings. The van der Waals surface area contributed by atoms with Gasteiger partial charge in [0, 0.05) is 62.6 Å². The number of hydrogen-bond donors (Lipinski definition) is 19. The molecule has 1 saturated heterocycles. The maximum Gasteiger partial charge on any atom is 0.305 e. The van der Waals surface area contributed by atoms with Gasteiger partial charge in [-0.05, 0) is 107 Å². The molecule has 0 spiro atoms. The number of carbonyl (C=O) groups excluding carboxylic acids is 17. The Kier molecular flexibility index (Phi) is 40.4. The number of para-hydroxylation sites is 1. The number of carboxylic acid groups (broad SMARTS) is 1. The zero-order valence-electron chi connectivity index (χ0n) is 75.8. The smallest absolute Gasteiger partial charge is 0.305 e. The number of likely N-dealkylation sites (N-methyl/N-ethyl adjacent to an activating group) is 2. The van der Waals surface area contributed by atoms with Crippen molar-refractivity contribution in [1.29, 1.82) is 5.26 Å². The second-order valence-electron chi connectivity index (χ2n) is 34.1. The molecule has 1 aliphatic rings. The number of carbonyl (C=O) groups is 18. The monoisotopic (exact) mass is 1860 g/mol. The quantitative estimate of drug-likeness (QED) is 0.0362. The number of hydrogen-bond acceptors (Lipinski definition) is 22. The Labute approximate surface area is 773 Å². The Morgan fingerprint density at radius 3 is 1.42 bits per heavy atom. The third kappa shape index (κ3) is 32.9. The van der Waals surface area contributed by atoms with Crippen LogP contribution in [0.3, 0.4) is 0 Å². The van der Waals surface area contributed by atoms with Crippen molar-refractivity contribution in [3.63, 3.8) is 0 Å². The normalized spacial score (nSPS) is 22.7. The van der Waals surface area contributed by atoms with Crippen molar-refractivity contribution in [3.05, 3.63) is 161 Å². The molecule has 6 aromatic rings. The van der Waals surface area contributed by atoms with Gasteiger partial charge in [0.15, 0.2) is 0 Å². The highest BCUT2D eigenvalue weighted by Gasteiger charge is 2.41. The summed E-state index contributed by atoms with van der Waals surface area (Å²) in [6.07, 6.45) is -2.17. The summed E-state index contributed by atoms with van der Waals surface area (Å²) >= 11 is 0.670. The predicted molar refractivity (Wildman–Crippen MR) is 489 cm³/mol. The number of nitrogens with two attached hydrogens (primary N) is 2. The standard InChI is InChI=1S/C92H119N19O21S/c1-48(2)33-63-81(121)103-67(36-54-25-29-58(30-26-54)57-17-13-12-14-18-57)88(128)109-79(51(7)8)92(132)111(11)52(9)91(131)110(10)44-75(116)98-69(39-73(94)114)85(125)101-64(34-49(3)4)87(127)108-78(50(5)6)90(130)106-71(45-112)89(129)107-72(80(120)97-43-74(95)115)46-133-47-76(117)99-65(35-53-21-23-56(41-93)24-22-53)82(122)102-66(37-55-27-31-60(113)32-28-55)83(123)105-70(40-77(118)119)86(126)104-68(84(124)100-63)38-59-42-96-62-20-16-15-19-61(59)62/h12-32,42,48-52,63-72,78-79,96,112-113H,33-40,43-47H2,1-11H3,(H2,94,114)(H2,95,115)(H,97,120)(H,98,116)(H,99,117)(H,100,124)(H,101,125)(H,102,122)(H,103,121)(H,104,126)(H,105,123)(H,106,130)(H,107,129)(H,108,127)(H,109,128)(H,118,119)/t52-,63-,64-,65-,66-,67-,68-,69-,70-,71-,72-,78-,79-/m0/s1. The Morgan fingerprint density at radius 1 is 0.481 bits per heavy atom. The topological polar surface area (TPSA) is 622 Å². The summed E-state index contributed by atoms with van der Waals surface area (Å²) in [4.78, 5) is 263. The highest BCUT2D eigenvalue weighted by molar-refractivity contribution is 8.00. The van der Waals surface area contributed by atoms with E-state index in [1.807, 2.05) is 36.4 Å². The van der Waals surface area contributed by atoms with E-state index in [4.69, 9.17) is 11.5 Å². The fourth-order valence-electron chi connectivity index (χ4n) is 14.4. The van der Waals surface area contributed by atoms with Crippen LogP contribution in [0.25, 0.3) is 22.0 Å². The summed E-state index contributed by atoms with van der Waals surface area (Å²) in [5.74, 6) is -23.1. The minimum atomic E-state index is -2.09. The largest absolute Gasteiger partial charge is 0.508 e. The van der Waals surface area contributed by atoms with E-state index in [0.717, 1.165) is 20.9 Å². The molecular formula is C92H119N19O21S. The molecule has 1 aromatic heterocycles. The van der Waals surface area contributed by atoms with Gasteiger partial charge in [0.1, 0.15) is 84.3 Å². The second-order valence-corrected chi connectivity index (χ2v) is 35.2. The zero-order chi connectivity index (χ0) is 98.2. The number of aliphatic hydroxyl groups excluding tert-OH is 1. The van der Waals surface area contributed by atoms with Crippen LogP contribution >= 0.6 is 11.8 Å². The number of aromatic nitrogens is 1. The summed E-state index contributed by atoms with van der Waals surface area (Å²) in [5, 5.41) is 74.7. The van der Waals surface area contributed by atoms with Crippen LogP contribution < -0.4 is 80.6 Å². The maximum atomic E-state index is 15.4. The first-order valence-electron chi connectivity index (χ1n) is 43.3. The number of carboxylic acids is 1. The van der Waals surface area contributed by atoms with E-state index in [0.29, 0.717) is 39.4 Å². The van der Waals surface area contributed by atoms with Crippen molar-refractivity contribution >= 4 is 129 Å². The van der Waals surface area contributed by atoms with Gasteiger partial charge in [0.2, 0.25) is 100 Å². The first-order chi connectivity index (χ1) is 62.9. The van der Waals surface area contributed by atoms with Crippen molar-refractivity contribution in [1.82, 2.24) is 83.9 Å². The number of nitrogens with zero attached hydrogens (tertiary/aromatic N) is 3. The Bertz CT molecular complexity index is 5200. The first-order valence-corrected chi connectivity index (χ1v) is 44.4. The first kappa shape index (κ1) is 106. The molecule has 13 atom stereocenters. The fourth-order valence-corrected chi connectivity index (χ4v) is 15.3. The van der Waals surface area contributed by atoms with Crippen molar-refractivity contribution in [3.8, 4) is 22.9 Å². The van der Waals surface area contributed by atoms with Crippen molar-refractivity contribution in [2.75, 3.05) is 45.3 Å². The van der Waals surface area contributed by atoms with Crippen LogP contribution in [0.15, 0.2) is 134 Å². The number of thioether (sulfide) groups is 1. The number of phenolic OH excluding ortho intramolecular Hbond substituents is 1. The van der Waals surface area contributed by atoms with Gasteiger partial charge < -0.3 is 111 Å². The minimum Gasteiger partial charge on any atom is -0.508 e. The number of aliphatic hydroxyl groups is 1. The molecule has 1 aliphatic heterocycles. The number of benzene rings is 5. The van der Waals surface area contributed by atoms with Gasteiger partial charge in [0.25, 0.3) is 0 Å². The van der Waals surface area contributed by atoms with Gasteiger partial charge in [-0.25, -0.2) is 0 Å². The average Bonchev–Trinajstić information content (AvgIpc) is 1.79. The van der Waals surface area contributed by atoms with Crippen LogP contribution in [0.5, 0.6) is 5.75 Å². The van der Waals surface area contributed by atoms with Gasteiger partial charge in [-0.15, -0.1) is 11.8 Å². The molecular weight excluding hydrogens is 1740 g/mol. The molecule has 0 aliphatic carbocycles. The molecule has 17 amide bonds.